The molecule has 0 saturated heterocycles. The number of hydrogen-bond donors (Lipinski definition) is 3. The summed E-state index contributed by atoms with van der Waals surface area (Å²) in [5.74, 6) is -3.85. The molecule has 3 N–H and O–H groups in total. The number of carboxylic acid groups (broad SMARTS) is 2. The number of hydrogen-bond acceptors (Lipinski definition) is 5. The van der Waals surface area contributed by atoms with Gasteiger partial charge in [0.1, 0.15) is 0 Å². The van der Waals surface area contributed by atoms with Crippen molar-refractivity contribution < 1.29 is 41.4 Å². The second-order valence-corrected chi connectivity index (χ2v) is 8.54. The molecule has 0 radical (unpaired) electrons. The van der Waals surface area contributed by atoms with Crippen LogP contribution in [0.15, 0.2) is 41.3 Å². The van der Waals surface area contributed by atoms with Crippen LogP contribution < -0.4 is 9.62 Å². The Bertz CT molecular complexity index is 1110. The third-order valence-electron chi connectivity index (χ3n) is 4.46. The highest BCUT2D eigenvalue weighted by Crippen LogP contribution is 2.27. The number of alkyl halides is 3. The molecular weight excluding hydrogens is 465 g/mol. The quantitative estimate of drug-likeness (QED) is 0.529. The van der Waals surface area contributed by atoms with E-state index in [2.05, 4.69) is 4.72 Å². The maximum atomic E-state index is 12.7. The van der Waals surface area contributed by atoms with Crippen molar-refractivity contribution in [2.75, 3.05) is 22.7 Å². The number of halogens is 3. The number of anilines is 2. The summed E-state index contributed by atoms with van der Waals surface area (Å²) in [7, 11) is -3.81. The maximum absolute atomic E-state index is 12.7. The van der Waals surface area contributed by atoms with E-state index in [4.69, 9.17) is 9.90 Å². The highest BCUT2D eigenvalue weighted by molar-refractivity contribution is 7.92. The minimum Gasteiger partial charge on any atom is -0.478 e. The fraction of sp³-hybridized carbons (Fsp3) is 0.333. The molecule has 0 amide bonds. The molecule has 0 fully saturated rings. The zero-order valence-corrected chi connectivity index (χ0v) is 19.2. The Balaban J connectivity index is 0.000000675. The van der Waals surface area contributed by atoms with Crippen LogP contribution in [0.25, 0.3) is 0 Å². The van der Waals surface area contributed by atoms with Crippen LogP contribution in [0.2, 0.25) is 0 Å². The van der Waals surface area contributed by atoms with Crippen LogP contribution in [-0.4, -0.2) is 49.8 Å². The van der Waals surface area contributed by atoms with Gasteiger partial charge in [0.15, 0.2) is 0 Å². The second-order valence-electron chi connectivity index (χ2n) is 6.89. The molecule has 0 aliphatic rings. The van der Waals surface area contributed by atoms with E-state index in [1.807, 2.05) is 31.7 Å². The van der Waals surface area contributed by atoms with Gasteiger partial charge in [-0.2, -0.15) is 13.2 Å². The van der Waals surface area contributed by atoms with Crippen LogP contribution >= 0.6 is 0 Å². The van der Waals surface area contributed by atoms with Crippen molar-refractivity contribution in [1.29, 1.82) is 0 Å². The number of carboxylic acids is 2. The van der Waals surface area contributed by atoms with Crippen molar-refractivity contribution in [3.63, 3.8) is 0 Å². The molecule has 2 aromatic carbocycles. The normalized spacial score (nSPS) is 11.2. The van der Waals surface area contributed by atoms with Gasteiger partial charge in [-0.25, -0.2) is 18.0 Å². The van der Waals surface area contributed by atoms with Gasteiger partial charge in [0.05, 0.1) is 16.1 Å². The van der Waals surface area contributed by atoms with E-state index in [-0.39, 0.29) is 16.1 Å². The molecule has 0 unspecified atom stereocenters. The summed E-state index contributed by atoms with van der Waals surface area (Å²) in [5, 5.41) is 16.6. The number of carbonyl (C=O) groups is 2. The first-order valence-corrected chi connectivity index (χ1v) is 11.1. The van der Waals surface area contributed by atoms with Crippen LogP contribution in [0.5, 0.6) is 0 Å². The number of aliphatic carboxylic acids is 1. The molecule has 0 aliphatic heterocycles. The van der Waals surface area contributed by atoms with Gasteiger partial charge in [0.25, 0.3) is 10.0 Å². The van der Waals surface area contributed by atoms with Crippen LogP contribution in [0.1, 0.15) is 35.3 Å². The Kier molecular flexibility index (Phi) is 9.28. The molecule has 2 rings (SSSR count). The number of rotatable bonds is 7. The molecule has 0 aliphatic carbocycles. The molecule has 0 spiro atoms. The van der Waals surface area contributed by atoms with Crippen molar-refractivity contribution in [3.05, 3.63) is 53.1 Å². The first-order chi connectivity index (χ1) is 15.1. The van der Waals surface area contributed by atoms with Gasteiger partial charge in [-0.05, 0) is 63.1 Å². The molecule has 182 valence electrons. The SMILES string of the molecule is CCN(CC)c1ccc(NS(=O)(=O)c2cc(C)ccc2C)cc1C(=O)O.O=C(O)C(F)(F)F. The van der Waals surface area contributed by atoms with Gasteiger partial charge < -0.3 is 15.1 Å². The highest BCUT2D eigenvalue weighted by atomic mass is 32.2. The third kappa shape index (κ3) is 7.67. The third-order valence-corrected chi connectivity index (χ3v) is 5.98. The smallest absolute Gasteiger partial charge is 0.478 e. The number of benzene rings is 2. The first kappa shape index (κ1) is 27.8. The molecule has 0 bridgehead atoms. The fourth-order valence-corrected chi connectivity index (χ4v) is 4.20. The van der Waals surface area contributed by atoms with Crippen LogP contribution in [-0.2, 0) is 14.8 Å². The summed E-state index contributed by atoms with van der Waals surface area (Å²) in [6, 6.07) is 9.77. The molecule has 0 saturated carbocycles. The number of nitrogens with one attached hydrogen (secondary N) is 1. The number of nitrogens with zero attached hydrogens (tertiary/aromatic N) is 1. The second kappa shape index (κ2) is 11.0. The Morgan fingerprint density at radius 1 is 1.00 bits per heavy atom. The van der Waals surface area contributed by atoms with Gasteiger partial charge in [-0.3, -0.25) is 4.72 Å². The van der Waals surface area contributed by atoms with Gasteiger partial charge in [0, 0.05) is 18.8 Å². The van der Waals surface area contributed by atoms with Crippen molar-refractivity contribution in [1.82, 2.24) is 0 Å². The average Bonchev–Trinajstić information content (AvgIpc) is 2.70. The van der Waals surface area contributed by atoms with Gasteiger partial charge in [-0.1, -0.05) is 12.1 Å². The van der Waals surface area contributed by atoms with E-state index in [0.717, 1.165) is 5.56 Å². The Hall–Kier alpha value is -3.28. The van der Waals surface area contributed by atoms with E-state index in [1.165, 1.54) is 6.07 Å². The molecule has 33 heavy (non-hydrogen) atoms. The molecule has 2 aromatic rings. The summed E-state index contributed by atoms with van der Waals surface area (Å²) < 4.78 is 59.7. The predicted octanol–water partition coefficient (Wildman–Crippen LogP) is 4.28. The lowest BCUT2D eigenvalue weighted by molar-refractivity contribution is -0.192. The first-order valence-electron chi connectivity index (χ1n) is 9.66. The Labute approximate surface area is 189 Å². The van der Waals surface area contributed by atoms with Crippen LogP contribution in [0.4, 0.5) is 24.5 Å². The summed E-state index contributed by atoms with van der Waals surface area (Å²) in [5.41, 5.74) is 2.31. The summed E-state index contributed by atoms with van der Waals surface area (Å²) >= 11 is 0. The van der Waals surface area contributed by atoms with E-state index in [9.17, 15) is 31.5 Å². The lowest BCUT2D eigenvalue weighted by Crippen LogP contribution is -2.24. The maximum Gasteiger partial charge on any atom is 0.490 e. The minimum absolute atomic E-state index is 0.0647. The van der Waals surface area contributed by atoms with E-state index in [0.29, 0.717) is 24.3 Å². The Morgan fingerprint density at radius 2 is 1.55 bits per heavy atom. The number of aryl methyl sites for hydroxylation is 2. The molecule has 0 atom stereocenters. The van der Waals surface area contributed by atoms with Gasteiger partial charge in [-0.15, -0.1) is 0 Å². The fourth-order valence-electron chi connectivity index (χ4n) is 2.82. The van der Waals surface area contributed by atoms with Gasteiger partial charge >= 0.3 is 18.1 Å². The zero-order valence-electron chi connectivity index (χ0n) is 18.4. The van der Waals surface area contributed by atoms with Crippen LogP contribution in [0, 0.1) is 13.8 Å². The highest BCUT2D eigenvalue weighted by Gasteiger charge is 2.38. The van der Waals surface area contributed by atoms with E-state index >= 15 is 0 Å². The summed E-state index contributed by atoms with van der Waals surface area (Å²) in [4.78, 5) is 22.6. The predicted molar refractivity (Wildman–Crippen MR) is 117 cm³/mol. The van der Waals surface area contributed by atoms with E-state index in [1.54, 1.807) is 31.2 Å². The molecule has 0 aromatic heterocycles. The van der Waals surface area contributed by atoms with Gasteiger partial charge in [0.2, 0.25) is 0 Å². The lowest BCUT2D eigenvalue weighted by Gasteiger charge is -2.23. The lowest BCUT2D eigenvalue weighted by atomic mass is 10.1. The zero-order chi connectivity index (χ0) is 25.6. The average molecular weight is 491 g/mol. The summed E-state index contributed by atoms with van der Waals surface area (Å²) in [6.07, 6.45) is -5.08. The largest absolute Gasteiger partial charge is 0.490 e. The topological polar surface area (TPSA) is 124 Å². The van der Waals surface area contributed by atoms with Crippen molar-refractivity contribution in [2.24, 2.45) is 0 Å². The van der Waals surface area contributed by atoms with E-state index < -0.39 is 28.1 Å². The molecular formula is C21H25F3N2O6S. The standard InChI is InChI=1S/C19H24N2O4S.C2HF3O2/c1-5-21(6-2)17-10-9-15(12-16(17)19(22)23)20-26(24,25)18-11-13(3)7-8-14(18)4;3-2(4,5)1(6)7/h7-12,20H,5-6H2,1-4H3,(H,22,23);(H,6,7). The molecule has 8 nitrogen and oxygen atoms in total. The summed E-state index contributed by atoms with van der Waals surface area (Å²) in [6.45, 7) is 8.73. The Morgan fingerprint density at radius 3 is 2.00 bits per heavy atom. The van der Waals surface area contributed by atoms with Crippen molar-refractivity contribution in [3.8, 4) is 0 Å². The van der Waals surface area contributed by atoms with Crippen molar-refractivity contribution >= 4 is 33.3 Å². The number of aromatic carboxylic acids is 1. The minimum atomic E-state index is -5.08. The van der Waals surface area contributed by atoms with Crippen LogP contribution in [0.3, 0.4) is 0 Å². The monoisotopic (exact) mass is 490 g/mol. The van der Waals surface area contributed by atoms with Crippen molar-refractivity contribution in [2.45, 2.75) is 38.8 Å². The number of sulfonamides is 1. The molecule has 0 heterocycles. The molecule has 12 heteroatoms.